The second kappa shape index (κ2) is 6.03. The van der Waals surface area contributed by atoms with E-state index in [1.165, 1.54) is 5.56 Å². The summed E-state index contributed by atoms with van der Waals surface area (Å²) in [6.07, 6.45) is 0. The maximum Gasteiger partial charge on any atom is 0.106 e. The molecular weight excluding hydrogens is 388 g/mol. The highest BCUT2D eigenvalue weighted by Crippen LogP contribution is 2.27. The average Bonchev–Trinajstić information content (AvgIpc) is 2.36. The molecule has 19 heavy (non-hydrogen) atoms. The number of benzene rings is 2. The largest absolute Gasteiger partial charge is 0.389 e. The summed E-state index contributed by atoms with van der Waals surface area (Å²) in [4.78, 5) is 0.373. The summed E-state index contributed by atoms with van der Waals surface area (Å²) in [7, 11) is 0. The third-order valence-electron chi connectivity index (χ3n) is 2.68. The topological polar surface area (TPSA) is 38.0 Å². The third-order valence-corrected chi connectivity index (χ3v) is 4.29. The van der Waals surface area contributed by atoms with E-state index in [2.05, 4.69) is 43.2 Å². The molecule has 0 saturated carbocycles. The van der Waals surface area contributed by atoms with Crippen LogP contribution in [0.25, 0.3) is 0 Å². The van der Waals surface area contributed by atoms with Crippen molar-refractivity contribution < 1.29 is 0 Å². The Balaban J connectivity index is 2.37. The third kappa shape index (κ3) is 3.55. The number of rotatable bonds is 3. The van der Waals surface area contributed by atoms with Crippen molar-refractivity contribution in [1.29, 1.82) is 0 Å². The fourth-order valence-electron chi connectivity index (χ4n) is 1.71. The molecule has 0 aliphatic rings. The fourth-order valence-corrected chi connectivity index (χ4v) is 2.48. The second-order valence-electron chi connectivity index (χ2n) is 4.14. The molecule has 98 valence electrons. The normalized spacial score (nSPS) is 10.3. The van der Waals surface area contributed by atoms with Gasteiger partial charge in [0, 0.05) is 25.9 Å². The molecule has 0 spiro atoms. The fraction of sp³-hybridized carbons (Fsp3) is 0.0714. The lowest BCUT2D eigenvalue weighted by molar-refractivity contribution is 1.41. The zero-order valence-corrected chi connectivity index (χ0v) is 14.2. The van der Waals surface area contributed by atoms with E-state index in [1.807, 2.05) is 37.3 Å². The molecule has 0 aliphatic carbocycles. The Hall–Kier alpha value is -0.910. The van der Waals surface area contributed by atoms with Gasteiger partial charge in [-0.1, -0.05) is 44.1 Å². The lowest BCUT2D eigenvalue weighted by Crippen LogP contribution is -2.12. The van der Waals surface area contributed by atoms with Crippen LogP contribution in [0.1, 0.15) is 11.1 Å². The summed E-state index contributed by atoms with van der Waals surface area (Å²) in [6.45, 7) is 2.05. The van der Waals surface area contributed by atoms with Crippen molar-refractivity contribution in [3.05, 3.63) is 56.5 Å². The van der Waals surface area contributed by atoms with E-state index in [9.17, 15) is 0 Å². The predicted octanol–water partition coefficient (Wildman–Crippen LogP) is 4.90. The van der Waals surface area contributed by atoms with Crippen molar-refractivity contribution >= 4 is 60.4 Å². The number of anilines is 2. The van der Waals surface area contributed by atoms with Crippen molar-refractivity contribution in [2.24, 2.45) is 5.73 Å². The average molecular weight is 400 g/mol. The zero-order valence-electron chi connectivity index (χ0n) is 10.2. The van der Waals surface area contributed by atoms with Crippen LogP contribution >= 0.6 is 44.1 Å². The molecule has 2 rings (SSSR count). The first-order valence-electron chi connectivity index (χ1n) is 5.60. The van der Waals surface area contributed by atoms with Gasteiger partial charge in [0.05, 0.1) is 0 Å². The lowest BCUT2D eigenvalue weighted by atomic mass is 10.1. The number of hydrogen-bond donors (Lipinski definition) is 2. The summed E-state index contributed by atoms with van der Waals surface area (Å²) in [5.74, 6) is 0. The van der Waals surface area contributed by atoms with E-state index in [4.69, 9.17) is 18.0 Å². The highest BCUT2D eigenvalue weighted by atomic mass is 79.9. The van der Waals surface area contributed by atoms with Gasteiger partial charge in [0.15, 0.2) is 0 Å². The van der Waals surface area contributed by atoms with Crippen molar-refractivity contribution in [3.63, 3.8) is 0 Å². The number of aryl methyl sites for hydroxylation is 1. The van der Waals surface area contributed by atoms with Crippen LogP contribution in [-0.2, 0) is 0 Å². The Morgan fingerprint density at radius 2 is 1.89 bits per heavy atom. The smallest absolute Gasteiger partial charge is 0.106 e. The monoisotopic (exact) mass is 398 g/mol. The molecule has 0 saturated heterocycles. The molecule has 3 N–H and O–H groups in total. The van der Waals surface area contributed by atoms with Gasteiger partial charge >= 0.3 is 0 Å². The number of halogens is 2. The number of hydrogen-bond acceptors (Lipinski definition) is 2. The molecule has 0 heterocycles. The molecule has 0 fully saturated rings. The molecule has 0 aliphatic heterocycles. The Labute approximate surface area is 134 Å². The first-order chi connectivity index (χ1) is 8.97. The first kappa shape index (κ1) is 14.5. The molecule has 2 nitrogen and oxygen atoms in total. The molecule has 0 radical (unpaired) electrons. The summed E-state index contributed by atoms with van der Waals surface area (Å²) >= 11 is 12.0. The highest BCUT2D eigenvalue weighted by Gasteiger charge is 2.07. The van der Waals surface area contributed by atoms with E-state index in [1.54, 1.807) is 0 Å². The second-order valence-corrected chi connectivity index (χ2v) is 6.35. The van der Waals surface area contributed by atoms with Gasteiger partial charge in [0.1, 0.15) is 4.99 Å². The van der Waals surface area contributed by atoms with Crippen molar-refractivity contribution in [1.82, 2.24) is 0 Å². The minimum Gasteiger partial charge on any atom is -0.389 e. The highest BCUT2D eigenvalue weighted by molar-refractivity contribution is 9.10. The molecule has 2 aromatic carbocycles. The van der Waals surface area contributed by atoms with Crippen LogP contribution in [0.3, 0.4) is 0 Å². The maximum atomic E-state index is 5.75. The minimum atomic E-state index is 0.373. The zero-order chi connectivity index (χ0) is 14.0. The van der Waals surface area contributed by atoms with Gasteiger partial charge in [-0.15, -0.1) is 0 Å². The summed E-state index contributed by atoms with van der Waals surface area (Å²) in [5, 5.41) is 3.34. The van der Waals surface area contributed by atoms with Crippen LogP contribution < -0.4 is 11.1 Å². The van der Waals surface area contributed by atoms with Crippen LogP contribution in [0.15, 0.2) is 45.3 Å². The van der Waals surface area contributed by atoms with Gasteiger partial charge < -0.3 is 11.1 Å². The molecule has 5 heteroatoms. The molecule has 0 bridgehead atoms. The van der Waals surface area contributed by atoms with Gasteiger partial charge in [-0.25, -0.2) is 0 Å². The number of nitrogens with two attached hydrogens (primary N) is 1. The van der Waals surface area contributed by atoms with Crippen LogP contribution in [0.4, 0.5) is 11.4 Å². The van der Waals surface area contributed by atoms with Gasteiger partial charge in [-0.3, -0.25) is 0 Å². The molecule has 0 atom stereocenters. The van der Waals surface area contributed by atoms with Crippen LogP contribution in [0.2, 0.25) is 0 Å². The van der Waals surface area contributed by atoms with Gasteiger partial charge in [0.25, 0.3) is 0 Å². The van der Waals surface area contributed by atoms with E-state index >= 15 is 0 Å². The van der Waals surface area contributed by atoms with Crippen LogP contribution in [0.5, 0.6) is 0 Å². The summed E-state index contributed by atoms with van der Waals surface area (Å²) in [5.41, 5.74) is 9.64. The quantitative estimate of drug-likeness (QED) is 0.721. The summed E-state index contributed by atoms with van der Waals surface area (Å²) < 4.78 is 2.04. The first-order valence-corrected chi connectivity index (χ1v) is 7.59. The van der Waals surface area contributed by atoms with E-state index < -0.39 is 0 Å². The van der Waals surface area contributed by atoms with Crippen molar-refractivity contribution in [2.45, 2.75) is 6.92 Å². The van der Waals surface area contributed by atoms with Gasteiger partial charge in [-0.05, 0) is 48.9 Å². The molecule has 2 aromatic rings. The Kier molecular flexibility index (Phi) is 4.60. The van der Waals surface area contributed by atoms with Gasteiger partial charge in [0.2, 0.25) is 0 Å². The predicted molar refractivity (Wildman–Crippen MR) is 92.2 cm³/mol. The Morgan fingerprint density at radius 1 is 1.16 bits per heavy atom. The molecule has 0 amide bonds. The van der Waals surface area contributed by atoms with Crippen LogP contribution in [-0.4, -0.2) is 4.99 Å². The van der Waals surface area contributed by atoms with Crippen molar-refractivity contribution in [3.8, 4) is 0 Å². The summed E-state index contributed by atoms with van der Waals surface area (Å²) in [6, 6.07) is 11.9. The SMILES string of the molecule is Cc1cc(Nc2ccc(Br)cc2C(N)=S)ccc1Br. The number of thiocarbonyl (C=S) groups is 1. The molecule has 0 aromatic heterocycles. The van der Waals surface area contributed by atoms with Gasteiger partial charge in [-0.2, -0.15) is 0 Å². The molecular formula is C14H12Br2N2S. The Morgan fingerprint density at radius 3 is 2.53 bits per heavy atom. The molecule has 0 unspecified atom stereocenters. The lowest BCUT2D eigenvalue weighted by Gasteiger charge is -2.12. The number of nitrogens with one attached hydrogen (secondary N) is 1. The maximum absolute atomic E-state index is 5.75. The Bertz CT molecular complexity index is 641. The standard InChI is InChI=1S/C14H12Br2N2S/c1-8-6-10(3-4-12(8)16)18-13-5-2-9(15)7-11(13)14(17)19/h2-7,18H,1H3,(H2,17,19). The van der Waals surface area contributed by atoms with Crippen LogP contribution in [0, 0.1) is 6.92 Å². The van der Waals surface area contributed by atoms with E-state index in [-0.39, 0.29) is 0 Å². The van der Waals surface area contributed by atoms with Crippen molar-refractivity contribution in [2.75, 3.05) is 5.32 Å². The van der Waals surface area contributed by atoms with E-state index in [0.717, 1.165) is 25.9 Å². The minimum absolute atomic E-state index is 0.373. The van der Waals surface area contributed by atoms with E-state index in [0.29, 0.717) is 4.99 Å².